The summed E-state index contributed by atoms with van der Waals surface area (Å²) in [5.41, 5.74) is -0.0684. The minimum absolute atomic E-state index is 0.195. The maximum absolute atomic E-state index is 13.5. The maximum Gasteiger partial charge on any atom is 0.286 e. The van der Waals surface area contributed by atoms with Crippen molar-refractivity contribution < 1.29 is 13.7 Å². The highest BCUT2D eigenvalue weighted by Crippen LogP contribution is 2.46. The highest BCUT2D eigenvalue weighted by molar-refractivity contribution is 9.09. The van der Waals surface area contributed by atoms with Crippen molar-refractivity contribution in [3.05, 3.63) is 39.4 Å². The normalized spacial score (nSPS) is 22.5. The molecule has 1 unspecified atom stereocenters. The van der Waals surface area contributed by atoms with Gasteiger partial charge in [-0.25, -0.2) is 8.78 Å². The summed E-state index contributed by atoms with van der Waals surface area (Å²) in [5, 5.41) is 10.4. The summed E-state index contributed by atoms with van der Waals surface area (Å²) >= 11 is 2.88. The third kappa shape index (κ3) is 1.52. The Bertz CT molecular complexity index is 436. The van der Waals surface area contributed by atoms with Crippen LogP contribution in [-0.2, 0) is 12.3 Å². The monoisotopic (exact) mass is 277 g/mol. The number of hydrogen-bond donors (Lipinski definition) is 0. The van der Waals surface area contributed by atoms with Gasteiger partial charge in [-0.05, 0) is 12.0 Å². The van der Waals surface area contributed by atoms with Crippen LogP contribution in [0.15, 0.2) is 18.2 Å². The van der Waals surface area contributed by atoms with Gasteiger partial charge in [-0.2, -0.15) is 0 Å². The molecule has 1 aromatic carbocycles. The molecule has 0 amide bonds. The Balaban J connectivity index is 2.55. The van der Waals surface area contributed by atoms with Crippen LogP contribution in [-0.4, -0.2) is 9.75 Å². The van der Waals surface area contributed by atoms with E-state index in [1.54, 1.807) is 0 Å². The second kappa shape index (κ2) is 3.23. The summed E-state index contributed by atoms with van der Waals surface area (Å²) in [4.78, 5) is 8.80. The van der Waals surface area contributed by atoms with Gasteiger partial charge in [0.25, 0.3) is 11.6 Å². The average molecular weight is 278 g/mol. The first kappa shape index (κ1) is 10.5. The van der Waals surface area contributed by atoms with Gasteiger partial charge < -0.3 is 0 Å². The zero-order valence-electron chi connectivity index (χ0n) is 7.41. The topological polar surface area (TPSA) is 43.1 Å². The highest BCUT2D eigenvalue weighted by Gasteiger charge is 2.47. The van der Waals surface area contributed by atoms with E-state index in [2.05, 4.69) is 15.9 Å². The predicted octanol–water partition coefficient (Wildman–Crippen LogP) is 3.01. The molecule has 6 heteroatoms. The molecule has 0 saturated carbocycles. The second-order valence-corrected chi connectivity index (χ2v) is 4.50. The summed E-state index contributed by atoms with van der Waals surface area (Å²) in [6.45, 7) is 0. The van der Waals surface area contributed by atoms with E-state index in [-0.39, 0.29) is 17.7 Å². The zero-order chi connectivity index (χ0) is 11.2. The molecular weight excluding hydrogens is 272 g/mol. The molecule has 0 radical (unpaired) electrons. The lowest BCUT2D eigenvalue weighted by atomic mass is 10.1. The lowest BCUT2D eigenvalue weighted by Gasteiger charge is -2.13. The van der Waals surface area contributed by atoms with Crippen LogP contribution in [0.3, 0.4) is 0 Å². The Hall–Kier alpha value is -1.04. The molecule has 2 rings (SSSR count). The van der Waals surface area contributed by atoms with E-state index < -0.39 is 15.7 Å². The van der Waals surface area contributed by atoms with Crippen molar-refractivity contribution in [1.29, 1.82) is 0 Å². The lowest BCUT2D eigenvalue weighted by Crippen LogP contribution is -2.20. The largest absolute Gasteiger partial charge is 0.286 e. The number of halogens is 3. The van der Waals surface area contributed by atoms with E-state index >= 15 is 0 Å². The first-order valence-electron chi connectivity index (χ1n) is 4.22. The summed E-state index contributed by atoms with van der Waals surface area (Å²) in [7, 11) is 0. The molecule has 1 aliphatic rings. The summed E-state index contributed by atoms with van der Waals surface area (Å²) in [5.74, 6) is -3.03. The predicted molar refractivity (Wildman–Crippen MR) is 53.4 cm³/mol. The van der Waals surface area contributed by atoms with Crippen LogP contribution in [0.1, 0.15) is 11.1 Å². The van der Waals surface area contributed by atoms with Crippen LogP contribution < -0.4 is 0 Å². The van der Waals surface area contributed by atoms with Gasteiger partial charge in [0.05, 0.1) is 9.75 Å². The minimum Gasteiger partial charge on any atom is -0.258 e. The van der Waals surface area contributed by atoms with Crippen LogP contribution in [0.4, 0.5) is 14.5 Å². The Morgan fingerprint density at radius 1 is 1.53 bits per heavy atom. The van der Waals surface area contributed by atoms with Crippen LogP contribution in [0.2, 0.25) is 0 Å². The van der Waals surface area contributed by atoms with Crippen LogP contribution >= 0.6 is 15.9 Å². The van der Waals surface area contributed by atoms with Crippen molar-refractivity contribution in [2.75, 3.05) is 0 Å². The van der Waals surface area contributed by atoms with Crippen LogP contribution in [0.5, 0.6) is 0 Å². The smallest absolute Gasteiger partial charge is 0.258 e. The van der Waals surface area contributed by atoms with Gasteiger partial charge in [0.15, 0.2) is 0 Å². The van der Waals surface area contributed by atoms with E-state index in [4.69, 9.17) is 0 Å². The van der Waals surface area contributed by atoms with Crippen molar-refractivity contribution in [2.45, 2.75) is 17.2 Å². The molecule has 0 N–H and O–H groups in total. The van der Waals surface area contributed by atoms with E-state index in [1.807, 2.05) is 0 Å². The van der Waals surface area contributed by atoms with Gasteiger partial charge >= 0.3 is 0 Å². The molecule has 0 aliphatic heterocycles. The van der Waals surface area contributed by atoms with Crippen molar-refractivity contribution in [1.82, 2.24) is 0 Å². The first-order valence-corrected chi connectivity index (χ1v) is 5.14. The second-order valence-electron chi connectivity index (χ2n) is 3.39. The summed E-state index contributed by atoms with van der Waals surface area (Å²) < 4.78 is 27.0. The third-order valence-electron chi connectivity index (χ3n) is 2.46. The fourth-order valence-electron chi connectivity index (χ4n) is 1.66. The van der Waals surface area contributed by atoms with Gasteiger partial charge in [-0.1, -0.05) is 22.0 Å². The van der Waals surface area contributed by atoms with E-state index in [0.717, 1.165) is 6.07 Å². The Morgan fingerprint density at radius 2 is 2.20 bits per heavy atom. The summed E-state index contributed by atoms with van der Waals surface area (Å²) in [6.07, 6.45) is 0.195. The van der Waals surface area contributed by atoms with E-state index in [1.165, 1.54) is 12.1 Å². The number of nitrogens with zero attached hydrogens (tertiary/aromatic N) is 1. The number of nitro groups is 1. The number of alkyl halides is 3. The SMILES string of the molecule is O=[N+]([O-])c1ccc2c(c1)C(F)(F)C(Br)C2. The molecule has 1 atom stereocenters. The lowest BCUT2D eigenvalue weighted by molar-refractivity contribution is -0.385. The van der Waals surface area contributed by atoms with Gasteiger partial charge in [0.2, 0.25) is 0 Å². The zero-order valence-corrected chi connectivity index (χ0v) is 9.00. The summed E-state index contributed by atoms with van der Waals surface area (Å²) in [6, 6.07) is 3.60. The van der Waals surface area contributed by atoms with Gasteiger partial charge in [-0.3, -0.25) is 10.1 Å². The van der Waals surface area contributed by atoms with E-state index in [0.29, 0.717) is 5.56 Å². The Labute approximate surface area is 92.4 Å². The number of hydrogen-bond acceptors (Lipinski definition) is 2. The molecule has 0 saturated heterocycles. The standard InChI is InChI=1S/C9H6BrF2NO2/c10-8-3-5-1-2-6(13(14)15)4-7(5)9(8,11)12/h1-2,4,8H,3H2. The average Bonchev–Trinajstić information content (AvgIpc) is 2.38. The number of non-ortho nitro benzene ring substituents is 1. The van der Waals surface area contributed by atoms with Crippen molar-refractivity contribution >= 4 is 21.6 Å². The van der Waals surface area contributed by atoms with Gasteiger partial charge in [0, 0.05) is 17.7 Å². The molecule has 0 aromatic heterocycles. The molecule has 0 bridgehead atoms. The molecule has 1 aliphatic carbocycles. The Morgan fingerprint density at radius 3 is 2.80 bits per heavy atom. The van der Waals surface area contributed by atoms with Crippen LogP contribution in [0.25, 0.3) is 0 Å². The van der Waals surface area contributed by atoms with Crippen molar-refractivity contribution in [2.24, 2.45) is 0 Å². The molecule has 0 heterocycles. The maximum atomic E-state index is 13.5. The molecular formula is C9H6BrF2NO2. The molecule has 1 aromatic rings. The van der Waals surface area contributed by atoms with Crippen molar-refractivity contribution in [3.63, 3.8) is 0 Å². The quantitative estimate of drug-likeness (QED) is 0.450. The molecule has 80 valence electrons. The Kier molecular flexibility index (Phi) is 2.26. The molecule has 0 fully saturated rings. The van der Waals surface area contributed by atoms with Crippen LogP contribution in [0, 0.1) is 10.1 Å². The highest BCUT2D eigenvalue weighted by atomic mass is 79.9. The first-order chi connectivity index (χ1) is 6.93. The fraction of sp³-hybridized carbons (Fsp3) is 0.333. The molecule has 0 spiro atoms. The van der Waals surface area contributed by atoms with E-state index in [9.17, 15) is 18.9 Å². The van der Waals surface area contributed by atoms with Gasteiger partial charge in [-0.15, -0.1) is 0 Å². The molecule has 15 heavy (non-hydrogen) atoms. The molecule has 3 nitrogen and oxygen atoms in total. The minimum atomic E-state index is -3.03. The van der Waals surface area contributed by atoms with Crippen molar-refractivity contribution in [3.8, 4) is 0 Å². The number of nitro benzene ring substituents is 1. The number of benzene rings is 1. The fourth-order valence-corrected chi connectivity index (χ4v) is 2.25. The third-order valence-corrected chi connectivity index (χ3v) is 3.35. The van der Waals surface area contributed by atoms with Gasteiger partial charge in [0.1, 0.15) is 0 Å². The number of fused-ring (bicyclic) bond motifs is 1. The number of rotatable bonds is 1.